The molecule has 23 aromatic rings. The summed E-state index contributed by atoms with van der Waals surface area (Å²) < 4.78 is 2.37. The van der Waals surface area contributed by atoms with Gasteiger partial charge < -0.3 is 4.57 Å². The van der Waals surface area contributed by atoms with Crippen molar-refractivity contribution in [3.05, 3.63) is 484 Å². The van der Waals surface area contributed by atoms with Gasteiger partial charge in [0.15, 0.2) is 17.5 Å². The molecule has 0 aliphatic rings. The third-order valence-corrected chi connectivity index (χ3v) is 25.9. The van der Waals surface area contributed by atoms with Crippen molar-refractivity contribution in [3.63, 3.8) is 0 Å². The van der Waals surface area contributed by atoms with Crippen molar-refractivity contribution in [2.75, 3.05) is 0 Å². The highest BCUT2D eigenvalue weighted by Crippen LogP contribution is 2.41. The number of benzene rings is 15. The van der Waals surface area contributed by atoms with Crippen molar-refractivity contribution < 1.29 is 0 Å². The molecule has 614 valence electrons. The third kappa shape index (κ3) is 17.8. The summed E-state index contributed by atoms with van der Waals surface area (Å²) in [7, 11) is 0. The van der Waals surface area contributed by atoms with Crippen molar-refractivity contribution in [2.24, 2.45) is 0 Å². The molecule has 0 saturated carbocycles. The molecular formula is C119H80N8S3. The van der Waals surface area contributed by atoms with Crippen LogP contribution in [0, 0.1) is 0 Å². The first kappa shape index (κ1) is 80.7. The van der Waals surface area contributed by atoms with E-state index in [4.69, 9.17) is 29.9 Å². The zero-order chi connectivity index (χ0) is 86.7. The Morgan fingerprint density at radius 3 is 0.785 bits per heavy atom. The SMILES string of the molecule is c1ccc(-c2ccc(-c3cc(-c4cccc(-c5ccc6c7ccccc7n(-c7ccccc7)c6c5)c4)nc(-c4cccs4)n3)cc2)cc1.c1ccc(-c2ccc(-c3cc(-c4cccc(-c5cccc(-c6ccccc6)c5)c4)nc(-c4cccs4)n3)cc2)cc1.c1ccc(-c2ccc(-c3cc(-c4cccc(-c5cccc(-c6cccnc6)c5)c4)nc(-c4cccs4)n3)cc2)cc1. The van der Waals surface area contributed by atoms with Gasteiger partial charge in [0.05, 0.1) is 59.8 Å². The average Bonchev–Trinajstić information content (AvgIpc) is 1.59. The number of thiophene rings is 3. The normalized spacial score (nSPS) is 11.1. The Hall–Kier alpha value is -16.4. The maximum Gasteiger partial charge on any atom is 0.170 e. The minimum atomic E-state index is 0.739. The monoisotopic (exact) mass is 1720 g/mol. The van der Waals surface area contributed by atoms with E-state index in [2.05, 4.69) is 444 Å². The van der Waals surface area contributed by atoms with E-state index in [-0.39, 0.29) is 0 Å². The Morgan fingerprint density at radius 2 is 0.431 bits per heavy atom. The largest absolute Gasteiger partial charge is 0.309 e. The fourth-order valence-electron chi connectivity index (χ4n) is 16.7. The van der Waals surface area contributed by atoms with Gasteiger partial charge >= 0.3 is 0 Å². The third-order valence-electron chi connectivity index (χ3n) is 23.3. The summed E-state index contributed by atoms with van der Waals surface area (Å²) in [5.41, 5.74) is 34.1. The summed E-state index contributed by atoms with van der Waals surface area (Å²) in [5, 5.41) is 8.71. The number of fused-ring (bicyclic) bond motifs is 3. The molecule has 11 heteroatoms. The highest BCUT2D eigenvalue weighted by Gasteiger charge is 2.20. The van der Waals surface area contributed by atoms with E-state index in [0.717, 1.165) is 144 Å². The van der Waals surface area contributed by atoms with Gasteiger partial charge in [0.1, 0.15) is 0 Å². The first-order valence-corrected chi connectivity index (χ1v) is 45.9. The molecule has 8 heterocycles. The van der Waals surface area contributed by atoms with Crippen LogP contribution in [-0.4, -0.2) is 39.5 Å². The lowest BCUT2D eigenvalue weighted by Gasteiger charge is -2.11. The number of rotatable bonds is 18. The smallest absolute Gasteiger partial charge is 0.170 e. The van der Waals surface area contributed by atoms with Crippen LogP contribution in [0.1, 0.15) is 0 Å². The molecule has 8 aromatic heterocycles. The number of nitrogens with zero attached hydrogens (tertiary/aromatic N) is 8. The van der Waals surface area contributed by atoms with Crippen LogP contribution < -0.4 is 0 Å². The molecule has 0 spiro atoms. The zero-order valence-corrected chi connectivity index (χ0v) is 72.9. The van der Waals surface area contributed by atoms with Crippen LogP contribution in [0.4, 0.5) is 0 Å². The predicted molar refractivity (Wildman–Crippen MR) is 544 cm³/mol. The Balaban J connectivity index is 0.000000119. The molecule has 0 saturated heterocycles. The number of aromatic nitrogens is 8. The minimum absolute atomic E-state index is 0.739. The van der Waals surface area contributed by atoms with Gasteiger partial charge in [-0.1, -0.05) is 358 Å². The molecule has 0 radical (unpaired) electrons. The van der Waals surface area contributed by atoms with Gasteiger partial charge in [0.2, 0.25) is 0 Å². The maximum absolute atomic E-state index is 5.10. The first-order valence-electron chi connectivity index (χ1n) is 43.2. The molecule has 23 rings (SSSR count). The van der Waals surface area contributed by atoms with Crippen LogP contribution in [0.5, 0.6) is 0 Å². The topological polar surface area (TPSA) is 95.2 Å². The lowest BCUT2D eigenvalue weighted by Crippen LogP contribution is -1.95. The summed E-state index contributed by atoms with van der Waals surface area (Å²) in [5.74, 6) is 2.23. The lowest BCUT2D eigenvalue weighted by atomic mass is 9.97. The van der Waals surface area contributed by atoms with E-state index in [1.165, 1.54) is 71.9 Å². The zero-order valence-electron chi connectivity index (χ0n) is 70.5. The molecule has 130 heavy (non-hydrogen) atoms. The Morgan fingerprint density at radius 1 is 0.169 bits per heavy atom. The number of para-hydroxylation sites is 2. The van der Waals surface area contributed by atoms with E-state index in [1.54, 1.807) is 40.2 Å². The van der Waals surface area contributed by atoms with Crippen LogP contribution in [0.2, 0.25) is 0 Å². The highest BCUT2D eigenvalue weighted by molar-refractivity contribution is 7.14. The Kier molecular flexibility index (Phi) is 23.2. The molecule has 8 nitrogen and oxygen atoms in total. The molecule has 0 amide bonds. The predicted octanol–water partition coefficient (Wildman–Crippen LogP) is 32.4. The maximum atomic E-state index is 5.10. The molecule has 0 aliphatic carbocycles. The second-order valence-electron chi connectivity index (χ2n) is 31.6. The molecule has 0 fully saturated rings. The van der Waals surface area contributed by atoms with Gasteiger partial charge in [-0.25, -0.2) is 29.9 Å². The number of hydrogen-bond donors (Lipinski definition) is 0. The van der Waals surface area contributed by atoms with Crippen LogP contribution in [0.3, 0.4) is 0 Å². The number of hydrogen-bond acceptors (Lipinski definition) is 10. The van der Waals surface area contributed by atoms with Crippen molar-refractivity contribution in [2.45, 2.75) is 0 Å². The van der Waals surface area contributed by atoms with Crippen molar-refractivity contribution in [1.29, 1.82) is 0 Å². The standard InChI is InChI=1S/C44H29N3S.C38H26N2S.C37H25N3S/c1-3-11-30(12-4-1)31-20-22-32(23-21-31)39-29-40(46-44(45-39)43-19-10-26-48-43)35-14-9-13-33(27-35)34-24-25-38-37-17-7-8-18-41(37)47(42(38)28-34)36-15-5-2-6-16-36;1-3-10-27(11-4-1)29-19-21-30(22-20-29)35-26-36(40-38(39-35)37-18-9-23-41-37)34-17-8-16-33(25-34)32-15-7-14-31(24-32)28-12-5-2-6-13-28;1-2-8-26(9-3-1)27-16-18-28(19-17-27)34-24-35(40-37(39-34)36-15-7-21-41-36)32-13-5-11-30(23-32)29-10-4-12-31(22-29)33-14-6-20-38-25-33/h1-29H;1-26H;1-25H. The second-order valence-corrected chi connectivity index (χ2v) is 34.4. The molecule has 0 aliphatic heterocycles. The van der Waals surface area contributed by atoms with E-state index < -0.39 is 0 Å². The quantitative estimate of drug-likeness (QED) is 0.0844. The Bertz CT molecular complexity index is 7540. The van der Waals surface area contributed by atoms with E-state index in [1.807, 2.05) is 42.6 Å². The van der Waals surface area contributed by atoms with Gasteiger partial charge in [-0.15, -0.1) is 34.0 Å². The van der Waals surface area contributed by atoms with Crippen molar-refractivity contribution in [1.82, 2.24) is 39.5 Å². The first-order chi connectivity index (χ1) is 64.4. The van der Waals surface area contributed by atoms with Gasteiger partial charge in [-0.05, 0) is 197 Å². The Labute approximate surface area is 767 Å². The summed E-state index contributed by atoms with van der Waals surface area (Å²) >= 11 is 4.97. The minimum Gasteiger partial charge on any atom is -0.309 e. The van der Waals surface area contributed by atoms with Crippen LogP contribution in [-0.2, 0) is 0 Å². The van der Waals surface area contributed by atoms with E-state index in [9.17, 15) is 0 Å². The molecule has 0 bridgehead atoms. The van der Waals surface area contributed by atoms with Gasteiger partial charge in [0.25, 0.3) is 0 Å². The lowest BCUT2D eigenvalue weighted by molar-refractivity contribution is 1.18. The van der Waals surface area contributed by atoms with Gasteiger partial charge in [-0.3, -0.25) is 4.98 Å². The molecule has 0 N–H and O–H groups in total. The average molecular weight is 1720 g/mol. The van der Waals surface area contributed by atoms with Crippen LogP contribution >= 0.6 is 34.0 Å². The summed E-state index contributed by atoms with van der Waals surface area (Å²) in [6, 6.07) is 160. The number of pyridine rings is 1. The van der Waals surface area contributed by atoms with E-state index in [0.29, 0.717) is 0 Å². The summed E-state index contributed by atoms with van der Waals surface area (Å²) in [6.45, 7) is 0. The van der Waals surface area contributed by atoms with Crippen molar-refractivity contribution in [3.8, 4) is 194 Å². The van der Waals surface area contributed by atoms with Gasteiger partial charge in [0, 0.05) is 67.8 Å². The van der Waals surface area contributed by atoms with Crippen LogP contribution in [0.15, 0.2) is 484 Å². The fourth-order valence-corrected chi connectivity index (χ4v) is 18.6. The van der Waals surface area contributed by atoms with Crippen LogP contribution in [0.25, 0.3) is 216 Å². The molecule has 0 unspecified atom stereocenters. The molecule has 15 aromatic carbocycles. The second kappa shape index (κ2) is 37.4. The molecule has 0 atom stereocenters. The highest BCUT2D eigenvalue weighted by atomic mass is 32.1. The van der Waals surface area contributed by atoms with Crippen molar-refractivity contribution >= 4 is 55.8 Å². The van der Waals surface area contributed by atoms with Gasteiger partial charge in [-0.2, -0.15) is 0 Å². The summed E-state index contributed by atoms with van der Waals surface area (Å²) in [4.78, 5) is 37.6. The molecular weight excluding hydrogens is 1640 g/mol. The summed E-state index contributed by atoms with van der Waals surface area (Å²) in [6.07, 6.45) is 3.70. The van der Waals surface area contributed by atoms with E-state index >= 15 is 0 Å². The fraction of sp³-hybridized carbons (Fsp3) is 0.